The first kappa shape index (κ1) is 16.1. The number of carbonyl (C=O) groups is 1. The van der Waals surface area contributed by atoms with Gasteiger partial charge in [-0.05, 0) is 61.6 Å². The van der Waals surface area contributed by atoms with Crippen LogP contribution in [0.2, 0.25) is 5.02 Å². The fourth-order valence-electron chi connectivity index (χ4n) is 2.66. The van der Waals surface area contributed by atoms with Gasteiger partial charge in [0.15, 0.2) is 5.78 Å². The van der Waals surface area contributed by atoms with E-state index in [1.54, 1.807) is 36.0 Å². The van der Waals surface area contributed by atoms with Gasteiger partial charge in [0.2, 0.25) is 0 Å². The maximum absolute atomic E-state index is 13.0. The van der Waals surface area contributed by atoms with Gasteiger partial charge in [0.1, 0.15) is 5.03 Å². The Kier molecular flexibility index (Phi) is 4.46. The van der Waals surface area contributed by atoms with Gasteiger partial charge in [-0.1, -0.05) is 18.5 Å². The van der Waals surface area contributed by atoms with Gasteiger partial charge in [0.25, 0.3) is 0 Å². The van der Waals surface area contributed by atoms with Gasteiger partial charge in [-0.15, -0.1) is 11.8 Å². The van der Waals surface area contributed by atoms with Crippen molar-refractivity contribution in [1.29, 1.82) is 0 Å². The second kappa shape index (κ2) is 6.38. The van der Waals surface area contributed by atoms with Crippen molar-refractivity contribution in [2.75, 3.05) is 5.75 Å². The fraction of sp³-hybridized carbons (Fsp3) is 0.222. The maximum atomic E-state index is 13.0. The first-order chi connectivity index (χ1) is 11.0. The lowest BCUT2D eigenvalue weighted by Gasteiger charge is -2.04. The number of halogens is 1. The van der Waals surface area contributed by atoms with Crippen LogP contribution in [0.15, 0.2) is 41.4 Å². The number of benzene rings is 1. The van der Waals surface area contributed by atoms with E-state index in [0.29, 0.717) is 16.1 Å². The van der Waals surface area contributed by atoms with E-state index in [4.69, 9.17) is 11.6 Å². The molecule has 0 bridgehead atoms. The summed E-state index contributed by atoms with van der Waals surface area (Å²) in [6, 6.07) is 11.1. The van der Waals surface area contributed by atoms with Crippen LogP contribution in [0, 0.1) is 13.8 Å². The largest absolute Gasteiger partial charge is 0.288 e. The number of ketones is 1. The predicted octanol–water partition coefficient (Wildman–Crippen LogP) is 4.95. The lowest BCUT2D eigenvalue weighted by molar-refractivity contribution is 0.103. The van der Waals surface area contributed by atoms with E-state index in [2.05, 4.69) is 18.1 Å². The Morgan fingerprint density at radius 2 is 1.91 bits per heavy atom. The third kappa shape index (κ3) is 3.01. The fourth-order valence-corrected chi connectivity index (χ4v) is 3.54. The molecule has 0 radical (unpaired) electrons. The second-order valence-electron chi connectivity index (χ2n) is 5.42. The Labute approximate surface area is 144 Å². The summed E-state index contributed by atoms with van der Waals surface area (Å²) in [5.74, 6) is 0.848. The Balaban J connectivity index is 2.23. The molecule has 3 rings (SSSR count). The molecule has 0 saturated heterocycles. The molecule has 118 valence electrons. The van der Waals surface area contributed by atoms with Crippen LogP contribution in [0.3, 0.4) is 0 Å². The molecule has 0 aliphatic rings. The van der Waals surface area contributed by atoms with Crippen LogP contribution in [0.4, 0.5) is 0 Å². The molecular weight excluding hydrogens is 328 g/mol. The minimum Gasteiger partial charge on any atom is -0.288 e. The number of pyridine rings is 1. The Morgan fingerprint density at radius 1 is 1.22 bits per heavy atom. The highest BCUT2D eigenvalue weighted by Crippen LogP contribution is 2.29. The van der Waals surface area contributed by atoms with Crippen molar-refractivity contribution in [3.63, 3.8) is 0 Å². The molecule has 0 unspecified atom stereocenters. The summed E-state index contributed by atoms with van der Waals surface area (Å²) in [6.07, 6.45) is 0. The average molecular weight is 345 g/mol. The molecule has 2 aromatic heterocycles. The van der Waals surface area contributed by atoms with Gasteiger partial charge < -0.3 is 0 Å². The number of nitrogens with zero attached hydrogens (tertiary/aromatic N) is 2. The molecule has 0 aliphatic carbocycles. The monoisotopic (exact) mass is 344 g/mol. The third-order valence-corrected chi connectivity index (χ3v) is 4.74. The molecular formula is C18H17ClN2OS. The smallest absolute Gasteiger partial charge is 0.197 e. The minimum absolute atomic E-state index is 0.0161. The summed E-state index contributed by atoms with van der Waals surface area (Å²) in [4.78, 5) is 13.0. The molecule has 2 heterocycles. The Morgan fingerprint density at radius 3 is 2.57 bits per heavy atom. The summed E-state index contributed by atoms with van der Waals surface area (Å²) in [6.45, 7) is 6.09. The quantitative estimate of drug-likeness (QED) is 0.496. The first-order valence-electron chi connectivity index (χ1n) is 7.44. The van der Waals surface area contributed by atoms with E-state index in [1.165, 1.54) is 0 Å². The maximum Gasteiger partial charge on any atom is 0.197 e. The summed E-state index contributed by atoms with van der Waals surface area (Å²) in [5.41, 5.74) is 4.30. The van der Waals surface area contributed by atoms with Crippen molar-refractivity contribution in [2.24, 2.45) is 0 Å². The SMILES string of the molecule is CCSc1nn2c(C)cc(C)cc2c1C(=O)c1ccc(Cl)cc1. The van der Waals surface area contributed by atoms with E-state index >= 15 is 0 Å². The van der Waals surface area contributed by atoms with E-state index in [9.17, 15) is 4.79 Å². The zero-order chi connectivity index (χ0) is 16.6. The third-order valence-electron chi connectivity index (χ3n) is 3.64. The van der Waals surface area contributed by atoms with Crippen LogP contribution in [0.5, 0.6) is 0 Å². The molecule has 0 amide bonds. The molecule has 1 aromatic carbocycles. The number of aromatic nitrogens is 2. The van der Waals surface area contributed by atoms with Gasteiger partial charge >= 0.3 is 0 Å². The van der Waals surface area contributed by atoms with Crippen LogP contribution < -0.4 is 0 Å². The lowest BCUT2D eigenvalue weighted by atomic mass is 10.0. The zero-order valence-electron chi connectivity index (χ0n) is 13.3. The van der Waals surface area contributed by atoms with Crippen LogP contribution in [-0.2, 0) is 0 Å². The number of rotatable bonds is 4. The normalized spacial score (nSPS) is 11.1. The molecule has 0 aliphatic heterocycles. The van der Waals surface area contributed by atoms with Gasteiger partial charge in [0.05, 0.1) is 11.1 Å². The standard InChI is InChI=1S/C18H17ClN2OS/c1-4-23-18-16(17(22)13-5-7-14(19)8-6-13)15-10-11(2)9-12(3)21(15)20-18/h5-10H,4H2,1-3H3. The molecule has 0 atom stereocenters. The molecule has 3 nitrogen and oxygen atoms in total. The number of hydrogen-bond donors (Lipinski definition) is 0. The van der Waals surface area contributed by atoms with E-state index in [0.717, 1.165) is 27.6 Å². The molecule has 0 saturated carbocycles. The van der Waals surface area contributed by atoms with Crippen molar-refractivity contribution in [2.45, 2.75) is 25.8 Å². The number of thioether (sulfide) groups is 1. The van der Waals surface area contributed by atoms with Crippen molar-refractivity contribution < 1.29 is 4.79 Å². The predicted molar refractivity (Wildman–Crippen MR) is 95.9 cm³/mol. The van der Waals surface area contributed by atoms with Crippen molar-refractivity contribution in [3.8, 4) is 0 Å². The number of hydrogen-bond acceptors (Lipinski definition) is 3. The number of carbonyl (C=O) groups excluding carboxylic acids is 1. The highest BCUT2D eigenvalue weighted by molar-refractivity contribution is 7.99. The summed E-state index contributed by atoms with van der Waals surface area (Å²) in [5, 5.41) is 6.04. The molecule has 23 heavy (non-hydrogen) atoms. The average Bonchev–Trinajstić information content (AvgIpc) is 2.86. The van der Waals surface area contributed by atoms with Crippen LogP contribution in [0.25, 0.3) is 5.52 Å². The molecule has 0 N–H and O–H groups in total. The van der Waals surface area contributed by atoms with Crippen LogP contribution in [-0.4, -0.2) is 21.2 Å². The lowest BCUT2D eigenvalue weighted by Crippen LogP contribution is -2.03. The highest BCUT2D eigenvalue weighted by atomic mass is 35.5. The van der Waals surface area contributed by atoms with Crippen LogP contribution >= 0.6 is 23.4 Å². The topological polar surface area (TPSA) is 34.4 Å². The number of fused-ring (bicyclic) bond motifs is 1. The van der Waals surface area contributed by atoms with Crippen LogP contribution in [0.1, 0.15) is 34.1 Å². The molecule has 3 aromatic rings. The highest BCUT2D eigenvalue weighted by Gasteiger charge is 2.22. The Bertz CT molecular complexity index is 884. The van der Waals surface area contributed by atoms with Gasteiger partial charge in [0, 0.05) is 16.3 Å². The van der Waals surface area contributed by atoms with Crippen molar-refractivity contribution >= 4 is 34.7 Å². The summed E-state index contributed by atoms with van der Waals surface area (Å²) >= 11 is 7.52. The molecule has 0 fully saturated rings. The first-order valence-corrected chi connectivity index (χ1v) is 8.80. The number of aryl methyl sites for hydroxylation is 2. The van der Waals surface area contributed by atoms with E-state index in [-0.39, 0.29) is 5.78 Å². The Hall–Kier alpha value is -1.78. The van der Waals surface area contributed by atoms with Gasteiger partial charge in [-0.2, -0.15) is 5.10 Å². The second-order valence-corrected chi connectivity index (χ2v) is 7.11. The van der Waals surface area contributed by atoms with Crippen molar-refractivity contribution in [1.82, 2.24) is 9.61 Å². The van der Waals surface area contributed by atoms with Gasteiger partial charge in [-0.25, -0.2) is 4.52 Å². The van der Waals surface area contributed by atoms with E-state index < -0.39 is 0 Å². The van der Waals surface area contributed by atoms with E-state index in [1.807, 2.05) is 24.4 Å². The summed E-state index contributed by atoms with van der Waals surface area (Å²) in [7, 11) is 0. The molecule has 0 spiro atoms. The zero-order valence-corrected chi connectivity index (χ0v) is 14.8. The minimum atomic E-state index is -0.0161. The van der Waals surface area contributed by atoms with Gasteiger partial charge in [-0.3, -0.25) is 4.79 Å². The summed E-state index contributed by atoms with van der Waals surface area (Å²) < 4.78 is 1.86. The molecule has 5 heteroatoms. The van der Waals surface area contributed by atoms with Crippen molar-refractivity contribution in [3.05, 3.63) is 63.8 Å².